The van der Waals surface area contributed by atoms with Crippen LogP contribution < -0.4 is 5.32 Å². The van der Waals surface area contributed by atoms with E-state index in [1.807, 2.05) is 0 Å². The fraction of sp³-hybridized carbons (Fsp3) is 0.231. The highest BCUT2D eigenvalue weighted by molar-refractivity contribution is 9.11. The van der Waals surface area contributed by atoms with Crippen molar-refractivity contribution in [3.8, 4) is 0 Å². The molecule has 0 radical (unpaired) electrons. The van der Waals surface area contributed by atoms with Crippen molar-refractivity contribution in [3.63, 3.8) is 0 Å². The van der Waals surface area contributed by atoms with Crippen LogP contribution in [0.15, 0.2) is 39.3 Å². The second-order valence-corrected chi connectivity index (χ2v) is 6.04. The van der Waals surface area contributed by atoms with Gasteiger partial charge in [-0.3, -0.25) is 9.59 Å². The lowest BCUT2D eigenvalue weighted by molar-refractivity contribution is -0.140. The number of hydrogen-bond acceptors (Lipinski definition) is 2. The average molecular weight is 389 g/mol. The van der Waals surface area contributed by atoms with Crippen molar-refractivity contribution >= 4 is 43.7 Å². The number of carbonyl (C=O) groups is 2. The standard InChI is InChI=1S/C13H11Br2NO3/c14-8-2-4-10(11(15)6-8)12(17)16-9-3-1-7(5-9)13(18)19/h1-4,6-7,9H,5H2,(H,16,17)(H,18,19). The molecule has 0 saturated heterocycles. The van der Waals surface area contributed by atoms with Crippen molar-refractivity contribution in [2.45, 2.75) is 12.5 Å². The number of benzene rings is 1. The van der Waals surface area contributed by atoms with Crippen molar-refractivity contribution in [1.29, 1.82) is 0 Å². The molecule has 1 aliphatic carbocycles. The Morgan fingerprint density at radius 3 is 2.58 bits per heavy atom. The molecule has 0 saturated carbocycles. The van der Waals surface area contributed by atoms with E-state index in [4.69, 9.17) is 5.11 Å². The van der Waals surface area contributed by atoms with E-state index in [2.05, 4.69) is 37.2 Å². The smallest absolute Gasteiger partial charge is 0.310 e. The maximum absolute atomic E-state index is 12.1. The van der Waals surface area contributed by atoms with Crippen LogP contribution in [0.4, 0.5) is 0 Å². The molecule has 0 aliphatic heterocycles. The molecular formula is C13H11Br2NO3. The number of carboxylic acids is 1. The Morgan fingerprint density at radius 1 is 1.26 bits per heavy atom. The molecule has 1 amide bonds. The lowest BCUT2D eigenvalue weighted by Gasteiger charge is -2.13. The molecule has 0 heterocycles. The first-order chi connectivity index (χ1) is 8.97. The summed E-state index contributed by atoms with van der Waals surface area (Å²) in [6, 6.07) is 5.05. The molecule has 0 aromatic heterocycles. The van der Waals surface area contributed by atoms with E-state index in [9.17, 15) is 9.59 Å². The second-order valence-electron chi connectivity index (χ2n) is 4.27. The van der Waals surface area contributed by atoms with Crippen LogP contribution in [0.1, 0.15) is 16.8 Å². The number of amides is 1. The van der Waals surface area contributed by atoms with Gasteiger partial charge in [-0.25, -0.2) is 0 Å². The first-order valence-corrected chi connectivity index (χ1v) is 7.23. The topological polar surface area (TPSA) is 66.4 Å². The van der Waals surface area contributed by atoms with E-state index in [0.29, 0.717) is 16.5 Å². The van der Waals surface area contributed by atoms with Gasteiger partial charge in [0, 0.05) is 15.0 Å². The summed E-state index contributed by atoms with van der Waals surface area (Å²) in [6.45, 7) is 0. The molecule has 0 bridgehead atoms. The summed E-state index contributed by atoms with van der Waals surface area (Å²) < 4.78 is 1.57. The van der Waals surface area contributed by atoms with Gasteiger partial charge in [0.15, 0.2) is 0 Å². The number of rotatable bonds is 3. The zero-order valence-electron chi connectivity index (χ0n) is 9.77. The Hall–Kier alpha value is -1.14. The fourth-order valence-corrected chi connectivity index (χ4v) is 3.14. The summed E-state index contributed by atoms with van der Waals surface area (Å²) >= 11 is 6.65. The SMILES string of the molecule is O=C(NC1C=CC(C(=O)O)C1)c1ccc(Br)cc1Br. The molecular weight excluding hydrogens is 378 g/mol. The third kappa shape index (κ3) is 3.45. The summed E-state index contributed by atoms with van der Waals surface area (Å²) in [5.74, 6) is -1.60. The van der Waals surface area contributed by atoms with Gasteiger partial charge in [-0.05, 0) is 40.5 Å². The lowest BCUT2D eigenvalue weighted by atomic mass is 10.1. The summed E-state index contributed by atoms with van der Waals surface area (Å²) in [5, 5.41) is 11.7. The molecule has 1 aliphatic rings. The van der Waals surface area contributed by atoms with Gasteiger partial charge in [0.25, 0.3) is 5.91 Å². The van der Waals surface area contributed by atoms with Crippen LogP contribution in [-0.4, -0.2) is 23.0 Å². The molecule has 0 spiro atoms. The maximum Gasteiger partial charge on any atom is 0.310 e. The third-order valence-electron chi connectivity index (χ3n) is 2.89. The zero-order chi connectivity index (χ0) is 14.0. The molecule has 2 unspecified atom stereocenters. The van der Waals surface area contributed by atoms with Crippen molar-refractivity contribution < 1.29 is 14.7 Å². The molecule has 2 N–H and O–H groups in total. The monoisotopic (exact) mass is 387 g/mol. The maximum atomic E-state index is 12.1. The first kappa shape index (κ1) is 14.3. The molecule has 2 atom stereocenters. The van der Waals surface area contributed by atoms with Gasteiger partial charge < -0.3 is 10.4 Å². The highest BCUT2D eigenvalue weighted by atomic mass is 79.9. The Labute approximate surface area is 127 Å². The molecule has 4 nitrogen and oxygen atoms in total. The number of halogens is 2. The largest absolute Gasteiger partial charge is 0.481 e. The van der Waals surface area contributed by atoms with Gasteiger partial charge in [0.1, 0.15) is 0 Å². The van der Waals surface area contributed by atoms with E-state index in [1.54, 1.807) is 30.4 Å². The van der Waals surface area contributed by atoms with E-state index < -0.39 is 11.9 Å². The highest BCUT2D eigenvalue weighted by Crippen LogP contribution is 2.23. The average Bonchev–Trinajstić information content (AvgIpc) is 2.77. The summed E-state index contributed by atoms with van der Waals surface area (Å²) in [4.78, 5) is 22.9. The van der Waals surface area contributed by atoms with Crippen LogP contribution in [0.25, 0.3) is 0 Å². The summed E-state index contributed by atoms with van der Waals surface area (Å²) in [6.07, 6.45) is 3.74. The Balaban J connectivity index is 2.03. The minimum atomic E-state index is -0.863. The van der Waals surface area contributed by atoms with Gasteiger partial charge in [-0.2, -0.15) is 0 Å². The minimum absolute atomic E-state index is 0.222. The number of carboxylic acid groups (broad SMARTS) is 1. The fourth-order valence-electron chi connectivity index (χ4n) is 1.91. The summed E-state index contributed by atoms with van der Waals surface area (Å²) in [7, 11) is 0. The Kier molecular flexibility index (Phi) is 4.42. The Morgan fingerprint density at radius 2 is 2.00 bits per heavy atom. The van der Waals surface area contributed by atoms with Crippen molar-refractivity contribution in [2.75, 3.05) is 0 Å². The van der Waals surface area contributed by atoms with Crippen LogP contribution in [0.5, 0.6) is 0 Å². The van der Waals surface area contributed by atoms with Gasteiger partial charge >= 0.3 is 5.97 Å². The minimum Gasteiger partial charge on any atom is -0.481 e. The van der Waals surface area contributed by atoms with Crippen LogP contribution in [0.3, 0.4) is 0 Å². The molecule has 1 aromatic carbocycles. The predicted molar refractivity (Wildman–Crippen MR) is 78.0 cm³/mol. The van der Waals surface area contributed by atoms with Crippen LogP contribution in [0, 0.1) is 5.92 Å². The van der Waals surface area contributed by atoms with Crippen LogP contribution >= 0.6 is 31.9 Å². The summed E-state index contributed by atoms with van der Waals surface area (Å²) in [5.41, 5.74) is 0.523. The molecule has 0 fully saturated rings. The number of nitrogens with one attached hydrogen (secondary N) is 1. The van der Waals surface area contributed by atoms with E-state index in [0.717, 1.165) is 4.47 Å². The third-order valence-corrected chi connectivity index (χ3v) is 4.04. The first-order valence-electron chi connectivity index (χ1n) is 5.64. The highest BCUT2D eigenvalue weighted by Gasteiger charge is 2.25. The lowest BCUT2D eigenvalue weighted by Crippen LogP contribution is -2.33. The van der Waals surface area contributed by atoms with E-state index in [-0.39, 0.29) is 11.9 Å². The van der Waals surface area contributed by atoms with Gasteiger partial charge in [-0.15, -0.1) is 0 Å². The zero-order valence-corrected chi connectivity index (χ0v) is 12.9. The van der Waals surface area contributed by atoms with Crippen LogP contribution in [0.2, 0.25) is 0 Å². The van der Waals surface area contributed by atoms with Crippen molar-refractivity contribution in [3.05, 3.63) is 44.9 Å². The molecule has 19 heavy (non-hydrogen) atoms. The predicted octanol–water partition coefficient (Wildman–Crippen LogP) is 2.97. The molecule has 2 rings (SSSR count). The number of hydrogen-bond donors (Lipinski definition) is 2. The van der Waals surface area contributed by atoms with Crippen molar-refractivity contribution in [2.24, 2.45) is 5.92 Å². The van der Waals surface area contributed by atoms with E-state index in [1.165, 1.54) is 0 Å². The molecule has 6 heteroatoms. The van der Waals surface area contributed by atoms with Crippen LogP contribution in [-0.2, 0) is 4.79 Å². The van der Waals surface area contributed by atoms with Gasteiger partial charge in [0.2, 0.25) is 0 Å². The Bertz CT molecular complexity index is 557. The number of aliphatic carboxylic acids is 1. The quantitative estimate of drug-likeness (QED) is 0.782. The van der Waals surface area contributed by atoms with Gasteiger partial charge in [0.05, 0.1) is 11.5 Å². The van der Waals surface area contributed by atoms with Crippen molar-refractivity contribution in [1.82, 2.24) is 5.32 Å². The molecule has 1 aromatic rings. The second kappa shape index (κ2) is 5.88. The normalized spacial score (nSPS) is 21.4. The van der Waals surface area contributed by atoms with E-state index >= 15 is 0 Å². The number of carbonyl (C=O) groups excluding carboxylic acids is 1. The molecule has 100 valence electrons. The van der Waals surface area contributed by atoms with Gasteiger partial charge in [-0.1, -0.05) is 28.1 Å².